The van der Waals surface area contributed by atoms with Gasteiger partial charge >= 0.3 is 12.2 Å². The minimum Gasteiger partial charge on any atom is -0.453 e. The second-order valence-electron chi connectivity index (χ2n) is 15.9. The number of carbonyl (C=O) groups excluding carboxylic acids is 4. The smallest absolute Gasteiger partial charge is 0.407 e. The van der Waals surface area contributed by atoms with E-state index < -0.39 is 30.3 Å². The van der Waals surface area contributed by atoms with E-state index in [2.05, 4.69) is 49.6 Å². The Balaban J connectivity index is 1.05. The number of H-pyrrole nitrogens is 2. The molecule has 4 N–H and O–H groups in total. The van der Waals surface area contributed by atoms with E-state index in [0.717, 1.165) is 58.3 Å². The first-order valence-corrected chi connectivity index (χ1v) is 19.5. The van der Waals surface area contributed by atoms with Crippen LogP contribution in [0.3, 0.4) is 0 Å². The summed E-state index contributed by atoms with van der Waals surface area (Å²) in [5.41, 5.74) is 4.31. The summed E-state index contributed by atoms with van der Waals surface area (Å²) in [6, 6.07) is 10.3. The largest absolute Gasteiger partial charge is 0.453 e. The van der Waals surface area contributed by atoms with Crippen LogP contribution in [-0.4, -0.2) is 92.6 Å². The third kappa shape index (κ3) is 7.96. The summed E-state index contributed by atoms with van der Waals surface area (Å²) in [6.07, 6.45) is 7.12. The number of benzene rings is 2. The number of hydrogen-bond acceptors (Lipinski definition) is 8. The highest BCUT2D eigenvalue weighted by Crippen LogP contribution is 2.50. The minimum absolute atomic E-state index is 0.103. The number of rotatable bonds is 9. The Morgan fingerprint density at radius 2 is 1.49 bits per heavy atom. The van der Waals surface area contributed by atoms with E-state index in [9.17, 15) is 19.2 Å². The summed E-state index contributed by atoms with van der Waals surface area (Å²) >= 11 is 0. The third-order valence-corrected chi connectivity index (χ3v) is 11.3. The predicted octanol–water partition coefficient (Wildman–Crippen LogP) is 6.00. The van der Waals surface area contributed by atoms with Crippen LogP contribution in [0.1, 0.15) is 88.9 Å². The first-order valence-electron chi connectivity index (χ1n) is 19.5. The van der Waals surface area contributed by atoms with Gasteiger partial charge in [-0.15, -0.1) is 0 Å². The first kappa shape index (κ1) is 39.1. The average molecular weight is 775 g/mol. The van der Waals surface area contributed by atoms with E-state index in [1.165, 1.54) is 14.2 Å². The Morgan fingerprint density at radius 1 is 0.825 bits per heavy atom. The van der Waals surface area contributed by atoms with Crippen molar-refractivity contribution in [2.45, 2.75) is 84.1 Å². The molecule has 2 fully saturated rings. The maximum absolute atomic E-state index is 13.9. The van der Waals surface area contributed by atoms with Crippen molar-refractivity contribution in [2.24, 2.45) is 17.8 Å². The molecule has 2 aliphatic heterocycles. The van der Waals surface area contributed by atoms with Gasteiger partial charge < -0.3 is 39.9 Å². The molecule has 2 bridgehead atoms. The summed E-state index contributed by atoms with van der Waals surface area (Å²) in [5.74, 6) is 7.50. The van der Waals surface area contributed by atoms with E-state index in [-0.39, 0.29) is 35.7 Å². The molecule has 0 radical (unpaired) electrons. The molecule has 6 atom stereocenters. The van der Waals surface area contributed by atoms with Gasteiger partial charge in [-0.1, -0.05) is 63.5 Å². The van der Waals surface area contributed by atoms with Crippen molar-refractivity contribution in [3.63, 3.8) is 0 Å². The molecule has 1 aliphatic carbocycles. The molecular formula is C43H50N8O6. The molecular weight excluding hydrogens is 725 g/mol. The van der Waals surface area contributed by atoms with E-state index >= 15 is 0 Å². The number of aromatic amines is 2. The lowest BCUT2D eigenvalue weighted by molar-refractivity contribution is -0.139. The van der Waals surface area contributed by atoms with E-state index in [1.54, 1.807) is 11.1 Å². The molecule has 2 aromatic carbocycles. The van der Waals surface area contributed by atoms with Crippen molar-refractivity contribution in [3.05, 3.63) is 83.3 Å². The fourth-order valence-corrected chi connectivity index (χ4v) is 8.43. The fraction of sp³-hybridized carbons (Fsp3) is 0.442. The molecule has 14 nitrogen and oxygen atoms in total. The molecule has 298 valence electrons. The second kappa shape index (κ2) is 16.2. The van der Waals surface area contributed by atoms with Crippen LogP contribution >= 0.6 is 0 Å². The molecule has 4 aromatic rings. The van der Waals surface area contributed by atoms with Crippen molar-refractivity contribution in [3.8, 4) is 23.1 Å². The highest BCUT2D eigenvalue weighted by molar-refractivity contribution is 5.89. The van der Waals surface area contributed by atoms with Gasteiger partial charge in [-0.05, 0) is 78.8 Å². The normalized spacial score (nSPS) is 21.0. The SMILES string of the molecule is COC(=O)N[C@H](C(=O)N1CC(C)=C[C@H]1c1ncc(C#Cc2ccc3cc(-c4cnc([C@@H]5[C@@H]6CC[C@@H](C6)N5C(=O)[C@@H](NC(=O)OC)C(C)C)[nH]4)ccc3c2)[nH]1)C(C)C. The fourth-order valence-electron chi connectivity index (χ4n) is 8.43. The number of alkyl carbamates (subject to hydrolysis) is 2. The van der Waals surface area contributed by atoms with Gasteiger partial charge in [0.15, 0.2) is 0 Å². The lowest BCUT2D eigenvalue weighted by Crippen LogP contribution is -2.54. The molecule has 0 spiro atoms. The van der Waals surface area contributed by atoms with Crippen LogP contribution in [0.25, 0.3) is 22.0 Å². The van der Waals surface area contributed by atoms with Gasteiger partial charge in [-0.25, -0.2) is 19.6 Å². The lowest BCUT2D eigenvalue weighted by Gasteiger charge is -2.37. The molecule has 57 heavy (non-hydrogen) atoms. The molecule has 1 saturated heterocycles. The van der Waals surface area contributed by atoms with E-state index in [1.807, 2.05) is 76.1 Å². The van der Waals surface area contributed by atoms with Gasteiger partial charge in [0.05, 0.1) is 38.3 Å². The maximum atomic E-state index is 13.9. The number of imidazole rings is 2. The Morgan fingerprint density at radius 3 is 2.19 bits per heavy atom. The van der Waals surface area contributed by atoms with Crippen LogP contribution in [0.5, 0.6) is 0 Å². The summed E-state index contributed by atoms with van der Waals surface area (Å²) in [6.45, 7) is 9.99. The summed E-state index contributed by atoms with van der Waals surface area (Å²) in [4.78, 5) is 71.4. The Labute approximate surface area is 332 Å². The second-order valence-corrected chi connectivity index (χ2v) is 15.9. The number of nitrogens with one attached hydrogen (secondary N) is 4. The molecule has 7 rings (SSSR count). The predicted molar refractivity (Wildman–Crippen MR) is 213 cm³/mol. The zero-order valence-electron chi connectivity index (χ0n) is 33.4. The van der Waals surface area contributed by atoms with Crippen molar-refractivity contribution >= 4 is 34.8 Å². The number of amides is 4. The van der Waals surface area contributed by atoms with Crippen LogP contribution in [0, 0.1) is 29.6 Å². The Hall–Kier alpha value is -6.10. The van der Waals surface area contributed by atoms with Gasteiger partial charge in [-0.3, -0.25) is 9.59 Å². The lowest BCUT2D eigenvalue weighted by atomic mass is 9.95. The summed E-state index contributed by atoms with van der Waals surface area (Å²) < 4.78 is 9.57. The molecule has 1 saturated carbocycles. The van der Waals surface area contributed by atoms with Crippen LogP contribution in [0.2, 0.25) is 0 Å². The topological polar surface area (TPSA) is 175 Å². The first-order chi connectivity index (χ1) is 27.3. The molecule has 3 aliphatic rings. The van der Waals surface area contributed by atoms with Crippen molar-refractivity contribution in [1.29, 1.82) is 0 Å². The minimum atomic E-state index is -0.744. The quantitative estimate of drug-likeness (QED) is 0.118. The van der Waals surface area contributed by atoms with Crippen LogP contribution in [-0.2, 0) is 19.1 Å². The van der Waals surface area contributed by atoms with Crippen LogP contribution in [0.15, 0.2) is 60.4 Å². The number of piperidine rings is 1. The summed E-state index contributed by atoms with van der Waals surface area (Å²) in [5, 5.41) is 7.49. The molecule has 4 heterocycles. The van der Waals surface area contributed by atoms with Gasteiger partial charge in [0.25, 0.3) is 0 Å². The summed E-state index contributed by atoms with van der Waals surface area (Å²) in [7, 11) is 2.58. The Bertz CT molecular complexity index is 2280. The number of methoxy groups -OCH3 is 2. The highest BCUT2D eigenvalue weighted by Gasteiger charge is 2.51. The number of aromatic nitrogens is 4. The maximum Gasteiger partial charge on any atom is 0.407 e. The van der Waals surface area contributed by atoms with Crippen molar-refractivity contribution in [2.75, 3.05) is 20.8 Å². The number of likely N-dealkylation sites (tertiary alicyclic amines) is 1. The third-order valence-electron chi connectivity index (χ3n) is 11.3. The number of carbonyl (C=O) groups is 4. The zero-order chi connectivity index (χ0) is 40.5. The van der Waals surface area contributed by atoms with Crippen molar-refractivity contribution in [1.82, 2.24) is 40.4 Å². The van der Waals surface area contributed by atoms with Gasteiger partial charge in [0.2, 0.25) is 11.8 Å². The van der Waals surface area contributed by atoms with Gasteiger partial charge in [-0.2, -0.15) is 0 Å². The zero-order valence-corrected chi connectivity index (χ0v) is 33.4. The van der Waals surface area contributed by atoms with Gasteiger partial charge in [0.1, 0.15) is 35.5 Å². The number of ether oxygens (including phenoxy) is 2. The molecule has 0 unspecified atom stereocenters. The molecule has 4 amide bonds. The monoisotopic (exact) mass is 774 g/mol. The standard InChI is InChI=1S/C43H50N8O6/c1-23(2)35(48-42(54)56-6)40(52)50-22-25(5)16-34(50)38-44-20-31(46-38)14-9-26-8-10-28-18-29(12-11-27(28)17-26)33-21-45-39(47-33)37-30-13-15-32(19-30)51(37)41(53)36(24(3)4)49-43(55)57-7/h8,10-12,16-18,20-21,23-24,30,32,34-37H,13,15,19,22H2,1-7H3,(H,44,46)(H,45,47)(H,48,54)(H,49,55)/t30-,32+,34+,35+,36+,37+/m1/s1. The van der Waals surface area contributed by atoms with E-state index in [0.29, 0.717) is 24.0 Å². The number of hydrogen-bond donors (Lipinski definition) is 4. The van der Waals surface area contributed by atoms with E-state index in [4.69, 9.17) is 14.5 Å². The van der Waals surface area contributed by atoms with Crippen LogP contribution in [0.4, 0.5) is 9.59 Å². The van der Waals surface area contributed by atoms with Crippen LogP contribution < -0.4 is 10.6 Å². The number of nitrogens with zero attached hydrogens (tertiary/aromatic N) is 4. The molecule has 2 aromatic heterocycles. The average Bonchev–Trinajstić information content (AvgIpc) is 4.06. The van der Waals surface area contributed by atoms with Crippen molar-refractivity contribution < 1.29 is 28.7 Å². The highest BCUT2D eigenvalue weighted by atomic mass is 16.5. The Kier molecular flexibility index (Phi) is 11.1. The number of fused-ring (bicyclic) bond motifs is 3. The molecule has 14 heteroatoms. The van der Waals surface area contributed by atoms with Gasteiger partial charge in [0, 0.05) is 23.7 Å².